The number of para-hydroxylation sites is 1. The van der Waals surface area contributed by atoms with Gasteiger partial charge in [0.1, 0.15) is 23.6 Å². The number of methoxy groups -OCH3 is 2. The molecule has 4 aromatic carbocycles. The van der Waals surface area contributed by atoms with Crippen LogP contribution < -0.4 is 9.47 Å². The van der Waals surface area contributed by atoms with Crippen molar-refractivity contribution < 1.29 is 23.0 Å². The van der Waals surface area contributed by atoms with Crippen LogP contribution in [0, 0.1) is 11.6 Å². The highest BCUT2D eigenvalue weighted by Gasteiger charge is 2.14. The summed E-state index contributed by atoms with van der Waals surface area (Å²) in [5, 5.41) is 0. The molecule has 0 saturated carbocycles. The Morgan fingerprint density at radius 2 is 1.61 bits per heavy atom. The molecule has 0 bridgehead atoms. The lowest BCUT2D eigenvalue weighted by molar-refractivity contribution is 0.103. The highest BCUT2D eigenvalue weighted by molar-refractivity contribution is 9.10. The summed E-state index contributed by atoms with van der Waals surface area (Å²) in [6.07, 6.45) is 3.26. The van der Waals surface area contributed by atoms with Gasteiger partial charge in [-0.3, -0.25) is 4.79 Å². The largest absolute Gasteiger partial charge is 0.497 e. The molecule has 5 nitrogen and oxygen atoms in total. The Morgan fingerprint density at radius 3 is 2.26 bits per heavy atom. The fourth-order valence-electron chi connectivity index (χ4n) is 3.71. The Morgan fingerprint density at radius 1 is 0.868 bits per heavy atom. The van der Waals surface area contributed by atoms with Crippen molar-refractivity contribution in [3.05, 3.63) is 131 Å². The molecule has 0 fully saturated rings. The molecule has 5 rings (SSSR count). The van der Waals surface area contributed by atoms with E-state index in [1.54, 1.807) is 72.7 Å². The van der Waals surface area contributed by atoms with Crippen LogP contribution in [0.5, 0.6) is 11.5 Å². The van der Waals surface area contributed by atoms with Gasteiger partial charge in [-0.15, -0.1) is 0 Å². The Labute approximate surface area is 227 Å². The number of benzene rings is 4. The molecule has 1 aromatic heterocycles. The normalized spacial score (nSPS) is 10.3. The molecule has 0 saturated heterocycles. The van der Waals surface area contributed by atoms with E-state index in [2.05, 4.69) is 20.9 Å². The van der Waals surface area contributed by atoms with E-state index >= 15 is 0 Å². The predicted molar refractivity (Wildman–Crippen MR) is 146 cm³/mol. The van der Waals surface area contributed by atoms with Crippen LogP contribution in [0.2, 0.25) is 0 Å². The number of carbonyl (C=O) groups is 1. The Bertz CT molecular complexity index is 1530. The minimum atomic E-state index is -0.421. The maximum Gasteiger partial charge on any atom is 0.212 e. The first-order valence-electron chi connectivity index (χ1n) is 11.5. The van der Waals surface area contributed by atoms with Gasteiger partial charge >= 0.3 is 0 Å². The molecule has 0 spiro atoms. The monoisotopic (exact) mass is 576 g/mol. The fourth-order valence-corrected chi connectivity index (χ4v) is 4.08. The van der Waals surface area contributed by atoms with E-state index in [-0.39, 0.29) is 17.3 Å². The average Bonchev–Trinajstić information content (AvgIpc) is 3.43. The maximum atomic E-state index is 14.1. The Hall–Kier alpha value is -4.30. The zero-order valence-electron chi connectivity index (χ0n) is 20.6. The average molecular weight is 577 g/mol. The van der Waals surface area contributed by atoms with Gasteiger partial charge in [-0.05, 0) is 66.2 Å². The number of rotatable bonds is 6. The van der Waals surface area contributed by atoms with Crippen molar-refractivity contribution in [1.29, 1.82) is 0 Å². The van der Waals surface area contributed by atoms with Crippen LogP contribution in [0.4, 0.5) is 8.78 Å². The molecule has 0 unspecified atom stereocenters. The summed E-state index contributed by atoms with van der Waals surface area (Å²) in [5.74, 6) is 0.0615. The van der Waals surface area contributed by atoms with Crippen LogP contribution in [0.25, 0.3) is 16.8 Å². The summed E-state index contributed by atoms with van der Waals surface area (Å²) in [7, 11) is 3.02. The van der Waals surface area contributed by atoms with Gasteiger partial charge in [0.15, 0.2) is 11.6 Å². The summed E-state index contributed by atoms with van der Waals surface area (Å²) in [4.78, 5) is 17.0. The van der Waals surface area contributed by atoms with Crippen molar-refractivity contribution in [1.82, 2.24) is 9.55 Å². The summed E-state index contributed by atoms with van der Waals surface area (Å²) in [5.41, 5.74) is 3.09. The second kappa shape index (κ2) is 12.3. The molecular formula is C30H23BrF2N2O3. The third-order valence-corrected chi connectivity index (χ3v) is 6.07. The second-order valence-corrected chi connectivity index (χ2v) is 8.95. The first kappa shape index (κ1) is 26.8. The van der Waals surface area contributed by atoms with E-state index in [0.717, 1.165) is 15.7 Å². The molecule has 0 amide bonds. The quantitative estimate of drug-likeness (QED) is 0.196. The SMILES string of the molecule is COc1ccc(C(=O)c2cn(-c3cccc(-c4cccc(F)c4OC)c3)cn2)cc1.Fc1cccc(Br)c1. The first-order valence-corrected chi connectivity index (χ1v) is 12.3. The van der Waals surface area contributed by atoms with Gasteiger partial charge in [0, 0.05) is 27.5 Å². The maximum absolute atomic E-state index is 14.1. The van der Waals surface area contributed by atoms with Crippen LogP contribution in [0.15, 0.2) is 108 Å². The van der Waals surface area contributed by atoms with Gasteiger partial charge < -0.3 is 14.0 Å². The van der Waals surface area contributed by atoms with Crippen molar-refractivity contribution in [2.75, 3.05) is 14.2 Å². The van der Waals surface area contributed by atoms with Crippen LogP contribution in [-0.4, -0.2) is 29.6 Å². The third-order valence-electron chi connectivity index (χ3n) is 5.58. The van der Waals surface area contributed by atoms with Crippen LogP contribution in [0.3, 0.4) is 0 Å². The van der Waals surface area contributed by atoms with E-state index in [0.29, 0.717) is 22.6 Å². The standard InChI is InChI=1S/C24H19FN2O3.C6H4BrF/c1-29-19-11-9-16(10-12-19)23(28)22-14-27(15-26-22)18-6-3-5-17(13-18)20-7-4-8-21(25)24(20)30-2;7-5-2-1-3-6(8)4-5/h3-15H,1-2H3;1-4H. The molecule has 0 aliphatic carbocycles. The first-order chi connectivity index (χ1) is 18.4. The summed E-state index contributed by atoms with van der Waals surface area (Å²) in [6, 6.07) is 25.5. The number of halogens is 3. The molecule has 38 heavy (non-hydrogen) atoms. The molecule has 1 heterocycles. The lowest BCUT2D eigenvalue weighted by atomic mass is 10.0. The van der Waals surface area contributed by atoms with Crippen molar-refractivity contribution in [3.8, 4) is 28.3 Å². The summed E-state index contributed by atoms with van der Waals surface area (Å²) < 4.78 is 39.1. The molecule has 0 N–H and O–H groups in total. The molecule has 0 aliphatic rings. The van der Waals surface area contributed by atoms with Gasteiger partial charge in [0.2, 0.25) is 5.78 Å². The number of ether oxygens (including phenoxy) is 2. The highest BCUT2D eigenvalue weighted by atomic mass is 79.9. The lowest BCUT2D eigenvalue weighted by Gasteiger charge is -2.11. The minimum absolute atomic E-state index is 0.181. The minimum Gasteiger partial charge on any atom is -0.497 e. The number of hydrogen-bond acceptors (Lipinski definition) is 4. The van der Waals surface area contributed by atoms with E-state index in [9.17, 15) is 13.6 Å². The van der Waals surface area contributed by atoms with Gasteiger partial charge in [0.25, 0.3) is 0 Å². The highest BCUT2D eigenvalue weighted by Crippen LogP contribution is 2.33. The molecule has 0 radical (unpaired) electrons. The third kappa shape index (κ3) is 6.33. The zero-order chi connectivity index (χ0) is 27.1. The molecule has 5 aromatic rings. The molecule has 192 valence electrons. The second-order valence-electron chi connectivity index (χ2n) is 8.03. The van der Waals surface area contributed by atoms with Gasteiger partial charge in [-0.2, -0.15) is 0 Å². The topological polar surface area (TPSA) is 53.4 Å². The smallest absolute Gasteiger partial charge is 0.212 e. The number of hydrogen-bond donors (Lipinski definition) is 0. The fraction of sp³-hybridized carbons (Fsp3) is 0.0667. The lowest BCUT2D eigenvalue weighted by Crippen LogP contribution is -2.01. The molecule has 0 atom stereocenters. The van der Waals surface area contributed by atoms with E-state index in [1.807, 2.05) is 24.3 Å². The Balaban J connectivity index is 0.000000360. The van der Waals surface area contributed by atoms with Gasteiger partial charge in [0.05, 0.1) is 14.2 Å². The molecule has 0 aliphatic heterocycles. The van der Waals surface area contributed by atoms with Crippen LogP contribution in [0.1, 0.15) is 16.1 Å². The number of ketones is 1. The number of aromatic nitrogens is 2. The van der Waals surface area contributed by atoms with Crippen molar-refractivity contribution in [3.63, 3.8) is 0 Å². The number of carbonyl (C=O) groups excluding carboxylic acids is 1. The number of imidazole rings is 1. The van der Waals surface area contributed by atoms with Crippen molar-refractivity contribution in [2.24, 2.45) is 0 Å². The van der Waals surface area contributed by atoms with E-state index < -0.39 is 5.82 Å². The van der Waals surface area contributed by atoms with Gasteiger partial charge in [-0.25, -0.2) is 13.8 Å². The predicted octanol–water partition coefficient (Wildman–Crippen LogP) is 7.51. The van der Waals surface area contributed by atoms with Crippen LogP contribution in [-0.2, 0) is 0 Å². The molecule has 8 heteroatoms. The summed E-state index contributed by atoms with van der Waals surface area (Å²) in [6.45, 7) is 0. The van der Waals surface area contributed by atoms with Gasteiger partial charge in [-0.1, -0.05) is 46.3 Å². The Kier molecular flexibility index (Phi) is 8.66. The number of nitrogens with zero attached hydrogens (tertiary/aromatic N) is 2. The van der Waals surface area contributed by atoms with E-state index in [1.165, 1.54) is 25.3 Å². The van der Waals surface area contributed by atoms with Crippen LogP contribution >= 0.6 is 15.9 Å². The summed E-state index contributed by atoms with van der Waals surface area (Å²) >= 11 is 3.12. The zero-order valence-corrected chi connectivity index (χ0v) is 22.2. The van der Waals surface area contributed by atoms with Crippen molar-refractivity contribution in [2.45, 2.75) is 0 Å². The van der Waals surface area contributed by atoms with E-state index in [4.69, 9.17) is 9.47 Å². The van der Waals surface area contributed by atoms with Crippen molar-refractivity contribution >= 4 is 21.7 Å². The molecular weight excluding hydrogens is 554 g/mol.